The molecule has 0 unspecified atom stereocenters. The van der Waals surface area contributed by atoms with Crippen LogP contribution in [0.2, 0.25) is 0 Å². The van der Waals surface area contributed by atoms with Gasteiger partial charge < -0.3 is 4.84 Å². The number of alkyl halides is 3. The van der Waals surface area contributed by atoms with Crippen molar-refractivity contribution in [3.05, 3.63) is 34.9 Å². The summed E-state index contributed by atoms with van der Waals surface area (Å²) in [4.78, 5) is 17.1. The largest absolute Gasteiger partial charge is 0.419 e. The number of carbonyl (C=O) groups excluding carboxylic acids is 1. The molecular formula is C17H20F5NO2. The number of piperidine rings is 1. The molecule has 0 N–H and O–H groups in total. The minimum absolute atomic E-state index is 0.225. The number of hydrogen-bond donors (Lipinski definition) is 0. The summed E-state index contributed by atoms with van der Waals surface area (Å²) in [6, 6.07) is 1.70. The van der Waals surface area contributed by atoms with Crippen molar-refractivity contribution in [1.29, 1.82) is 0 Å². The SMILES string of the molecule is CC(C)(C)C(=O)ON1CCC(c2ccc(F)c(F)c2C(F)(F)F)CC1. The fraction of sp³-hybridized carbons (Fsp3) is 0.588. The molecule has 0 aromatic heterocycles. The summed E-state index contributed by atoms with van der Waals surface area (Å²) in [5.74, 6) is -4.41. The predicted octanol–water partition coefficient (Wildman–Crippen LogP) is 4.67. The highest BCUT2D eigenvalue weighted by atomic mass is 19.4. The predicted molar refractivity (Wildman–Crippen MR) is 80.5 cm³/mol. The van der Waals surface area contributed by atoms with Gasteiger partial charge in [-0.2, -0.15) is 13.2 Å². The summed E-state index contributed by atoms with van der Waals surface area (Å²) in [5.41, 5.74) is -2.49. The number of halogens is 5. The third-order valence-electron chi connectivity index (χ3n) is 4.13. The summed E-state index contributed by atoms with van der Waals surface area (Å²) in [6.45, 7) is 5.53. The van der Waals surface area contributed by atoms with Crippen LogP contribution in [0.3, 0.4) is 0 Å². The van der Waals surface area contributed by atoms with Crippen molar-refractivity contribution < 1.29 is 31.6 Å². The maximum absolute atomic E-state index is 13.7. The lowest BCUT2D eigenvalue weighted by Gasteiger charge is -2.33. The second-order valence-electron chi connectivity index (χ2n) is 7.16. The first-order valence-corrected chi connectivity index (χ1v) is 7.93. The summed E-state index contributed by atoms with van der Waals surface area (Å²) in [6.07, 6.45) is -4.49. The molecule has 3 nitrogen and oxygen atoms in total. The Hall–Kier alpha value is -1.70. The zero-order valence-corrected chi connectivity index (χ0v) is 14.2. The maximum Gasteiger partial charge on any atom is 0.419 e. The van der Waals surface area contributed by atoms with E-state index < -0.39 is 40.7 Å². The van der Waals surface area contributed by atoms with E-state index in [9.17, 15) is 26.7 Å². The van der Waals surface area contributed by atoms with Crippen LogP contribution in [-0.2, 0) is 15.8 Å². The van der Waals surface area contributed by atoms with Gasteiger partial charge in [0, 0.05) is 13.1 Å². The van der Waals surface area contributed by atoms with Crippen LogP contribution in [0.15, 0.2) is 12.1 Å². The molecule has 2 rings (SSSR count). The number of rotatable bonds is 2. The van der Waals surface area contributed by atoms with E-state index >= 15 is 0 Å². The van der Waals surface area contributed by atoms with E-state index in [0.29, 0.717) is 6.07 Å². The van der Waals surface area contributed by atoms with Crippen molar-refractivity contribution in [2.75, 3.05) is 13.1 Å². The molecule has 0 saturated carbocycles. The lowest BCUT2D eigenvalue weighted by atomic mass is 9.86. The van der Waals surface area contributed by atoms with Gasteiger partial charge in [0.15, 0.2) is 11.6 Å². The minimum atomic E-state index is -4.97. The second kappa shape index (κ2) is 6.90. The fourth-order valence-corrected chi connectivity index (χ4v) is 2.71. The van der Waals surface area contributed by atoms with Crippen LogP contribution in [0.25, 0.3) is 0 Å². The minimum Gasteiger partial charge on any atom is -0.367 e. The Morgan fingerprint density at radius 3 is 2.16 bits per heavy atom. The van der Waals surface area contributed by atoms with Gasteiger partial charge in [0.25, 0.3) is 0 Å². The van der Waals surface area contributed by atoms with Gasteiger partial charge in [-0.3, -0.25) is 0 Å². The summed E-state index contributed by atoms with van der Waals surface area (Å²) >= 11 is 0. The van der Waals surface area contributed by atoms with E-state index in [1.807, 2.05) is 0 Å². The molecule has 0 radical (unpaired) electrons. The van der Waals surface area contributed by atoms with Gasteiger partial charge in [0.05, 0.1) is 11.0 Å². The number of carbonyl (C=O) groups is 1. The molecule has 1 aromatic rings. The summed E-state index contributed by atoms with van der Waals surface area (Å²) in [5, 5.41) is 1.40. The zero-order chi connectivity index (χ0) is 19.0. The third-order valence-corrected chi connectivity index (χ3v) is 4.13. The van der Waals surface area contributed by atoms with E-state index in [4.69, 9.17) is 4.84 Å². The van der Waals surface area contributed by atoms with Gasteiger partial charge in [0.2, 0.25) is 0 Å². The monoisotopic (exact) mass is 365 g/mol. The maximum atomic E-state index is 13.7. The smallest absolute Gasteiger partial charge is 0.367 e. The number of nitrogens with zero attached hydrogens (tertiary/aromatic N) is 1. The van der Waals surface area contributed by atoms with Crippen molar-refractivity contribution in [3.8, 4) is 0 Å². The lowest BCUT2D eigenvalue weighted by molar-refractivity contribution is -0.204. The average Bonchev–Trinajstić information content (AvgIpc) is 2.48. The molecule has 0 bridgehead atoms. The van der Waals surface area contributed by atoms with Gasteiger partial charge in [-0.05, 0) is 51.2 Å². The molecule has 140 valence electrons. The Labute approximate surface area is 142 Å². The molecule has 1 aliphatic rings. The van der Waals surface area contributed by atoms with E-state index in [0.717, 1.165) is 6.07 Å². The highest BCUT2D eigenvalue weighted by Gasteiger charge is 2.40. The molecular weight excluding hydrogens is 345 g/mol. The molecule has 0 amide bonds. The van der Waals surface area contributed by atoms with Gasteiger partial charge >= 0.3 is 12.1 Å². The number of benzene rings is 1. The normalized spacial score (nSPS) is 17.6. The van der Waals surface area contributed by atoms with E-state index in [1.165, 1.54) is 5.06 Å². The van der Waals surface area contributed by atoms with Crippen molar-refractivity contribution >= 4 is 5.97 Å². The molecule has 1 fully saturated rings. The molecule has 1 aliphatic heterocycles. The first-order chi connectivity index (χ1) is 11.4. The Bertz CT molecular complexity index is 644. The molecule has 8 heteroatoms. The quantitative estimate of drug-likeness (QED) is 0.714. The van der Waals surface area contributed by atoms with E-state index in [2.05, 4.69) is 0 Å². The van der Waals surface area contributed by atoms with Gasteiger partial charge in [0.1, 0.15) is 0 Å². The van der Waals surface area contributed by atoms with Gasteiger partial charge in [-0.15, -0.1) is 5.06 Å². The molecule has 1 aromatic carbocycles. The van der Waals surface area contributed by atoms with Crippen molar-refractivity contribution in [1.82, 2.24) is 5.06 Å². The third kappa shape index (κ3) is 4.48. The lowest BCUT2D eigenvalue weighted by Crippen LogP contribution is -2.38. The van der Waals surface area contributed by atoms with Crippen LogP contribution >= 0.6 is 0 Å². The first kappa shape index (κ1) is 19.6. The topological polar surface area (TPSA) is 29.5 Å². The Morgan fingerprint density at radius 2 is 1.68 bits per heavy atom. The van der Waals surface area contributed by atoms with Crippen molar-refractivity contribution in [3.63, 3.8) is 0 Å². The number of hydroxylamine groups is 2. The zero-order valence-electron chi connectivity index (χ0n) is 14.2. The summed E-state index contributed by atoms with van der Waals surface area (Å²) < 4.78 is 66.4. The Morgan fingerprint density at radius 1 is 1.12 bits per heavy atom. The van der Waals surface area contributed by atoms with Crippen molar-refractivity contribution in [2.24, 2.45) is 5.41 Å². The standard InChI is InChI=1S/C17H20F5NO2/c1-16(2,3)15(24)25-23-8-6-10(7-9-23)11-4-5-12(18)14(19)13(11)17(20,21)22/h4-5,10H,6-9H2,1-3H3. The molecule has 1 heterocycles. The van der Waals surface area contributed by atoms with Crippen LogP contribution in [0.5, 0.6) is 0 Å². The first-order valence-electron chi connectivity index (χ1n) is 7.93. The fourth-order valence-electron chi connectivity index (χ4n) is 2.71. The van der Waals surface area contributed by atoms with E-state index in [-0.39, 0.29) is 31.5 Å². The molecule has 0 spiro atoms. The Balaban J connectivity index is 2.14. The highest BCUT2D eigenvalue weighted by molar-refractivity contribution is 5.75. The van der Waals surface area contributed by atoms with Crippen molar-refractivity contribution in [2.45, 2.75) is 45.7 Å². The second-order valence-corrected chi connectivity index (χ2v) is 7.16. The van der Waals surface area contributed by atoms with Crippen LogP contribution in [-0.4, -0.2) is 24.1 Å². The van der Waals surface area contributed by atoms with Gasteiger partial charge in [-0.1, -0.05) is 6.07 Å². The van der Waals surface area contributed by atoms with Crippen LogP contribution < -0.4 is 0 Å². The van der Waals surface area contributed by atoms with Crippen LogP contribution in [0.4, 0.5) is 22.0 Å². The molecule has 0 atom stereocenters. The molecule has 25 heavy (non-hydrogen) atoms. The van der Waals surface area contributed by atoms with E-state index in [1.54, 1.807) is 20.8 Å². The molecule has 0 aliphatic carbocycles. The summed E-state index contributed by atoms with van der Waals surface area (Å²) in [7, 11) is 0. The van der Waals surface area contributed by atoms with Crippen LogP contribution in [0, 0.1) is 17.0 Å². The highest BCUT2D eigenvalue weighted by Crippen LogP contribution is 2.41. The Kier molecular flexibility index (Phi) is 5.41. The number of hydrogen-bond acceptors (Lipinski definition) is 3. The van der Waals surface area contributed by atoms with Gasteiger partial charge in [-0.25, -0.2) is 13.6 Å². The molecule has 1 saturated heterocycles. The van der Waals surface area contributed by atoms with Crippen LogP contribution in [0.1, 0.15) is 50.7 Å². The average molecular weight is 365 g/mol.